The number of nitrogens with one attached hydrogen (secondary N) is 1. The van der Waals surface area contributed by atoms with Gasteiger partial charge in [-0.05, 0) is 30.3 Å². The highest BCUT2D eigenvalue weighted by atomic mass is 16.5. The minimum absolute atomic E-state index is 0.112. The van der Waals surface area contributed by atoms with E-state index in [0.717, 1.165) is 16.9 Å². The van der Waals surface area contributed by atoms with Gasteiger partial charge in [0.1, 0.15) is 24.5 Å². The molecule has 0 spiro atoms. The van der Waals surface area contributed by atoms with Crippen LogP contribution in [0.3, 0.4) is 0 Å². The van der Waals surface area contributed by atoms with Crippen LogP contribution in [0.1, 0.15) is 21.6 Å². The summed E-state index contributed by atoms with van der Waals surface area (Å²) in [6, 6.07) is 20.1. The predicted octanol–water partition coefficient (Wildman–Crippen LogP) is 3.98. The number of carbonyl (C=O) groups is 2. The number of nitrogens with zero attached hydrogens (tertiary/aromatic N) is 3. The molecular weight excluding hydrogens is 404 g/mol. The zero-order chi connectivity index (χ0) is 22.1. The Hall–Kier alpha value is -4.39. The van der Waals surface area contributed by atoms with E-state index in [0.29, 0.717) is 29.3 Å². The Morgan fingerprint density at radius 2 is 1.84 bits per heavy atom. The molecule has 1 aliphatic rings. The summed E-state index contributed by atoms with van der Waals surface area (Å²) in [5.41, 5.74) is 4.09. The Morgan fingerprint density at radius 1 is 1.03 bits per heavy atom. The molecule has 0 saturated carbocycles. The summed E-state index contributed by atoms with van der Waals surface area (Å²) in [5.74, 6) is 0.0732. The first-order chi connectivity index (χ1) is 15.6. The summed E-state index contributed by atoms with van der Waals surface area (Å²) in [4.78, 5) is 31.1. The molecule has 2 aromatic carbocycles. The Labute approximate surface area is 184 Å². The summed E-state index contributed by atoms with van der Waals surface area (Å²) in [6.45, 7) is 4.16. The van der Waals surface area contributed by atoms with E-state index in [-0.39, 0.29) is 18.4 Å². The number of carbonyl (C=O) groups excluding carboxylic acids is 2. The number of aromatic nitrogens is 2. The molecule has 0 atom stereocenters. The standard InChI is InChI=1S/C25H20N4O3/c1-17-21-9-2-3-10-22(21)25(31)29(17)15-24(30)27-18-7-6-8-20(13-18)32-16-19-14-28-12-5-4-11-23(28)26-19/h2-14H,1,15-16H2,(H,27,30). The van der Waals surface area contributed by atoms with Crippen molar-refractivity contribution in [3.63, 3.8) is 0 Å². The molecule has 0 aliphatic carbocycles. The molecule has 5 rings (SSSR count). The van der Waals surface area contributed by atoms with Crippen LogP contribution >= 0.6 is 0 Å². The van der Waals surface area contributed by atoms with Crippen LogP contribution < -0.4 is 10.1 Å². The molecule has 0 bridgehead atoms. The zero-order valence-electron chi connectivity index (χ0n) is 17.2. The van der Waals surface area contributed by atoms with E-state index >= 15 is 0 Å². The third kappa shape index (κ3) is 3.72. The van der Waals surface area contributed by atoms with Gasteiger partial charge in [-0.1, -0.05) is 36.9 Å². The van der Waals surface area contributed by atoms with Crippen LogP contribution in [0.25, 0.3) is 11.3 Å². The molecule has 1 N–H and O–H groups in total. The summed E-state index contributed by atoms with van der Waals surface area (Å²) in [6.07, 6.45) is 3.85. The maximum absolute atomic E-state index is 12.6. The highest BCUT2D eigenvalue weighted by Gasteiger charge is 2.31. The van der Waals surface area contributed by atoms with Crippen molar-refractivity contribution in [1.82, 2.24) is 14.3 Å². The summed E-state index contributed by atoms with van der Waals surface area (Å²) < 4.78 is 7.78. The maximum atomic E-state index is 12.6. The molecule has 0 fully saturated rings. The van der Waals surface area contributed by atoms with E-state index in [1.165, 1.54) is 4.90 Å². The molecule has 1 aliphatic heterocycles. The second-order valence-electron chi connectivity index (χ2n) is 7.45. The number of pyridine rings is 1. The van der Waals surface area contributed by atoms with Gasteiger partial charge in [-0.2, -0.15) is 0 Å². The lowest BCUT2D eigenvalue weighted by atomic mass is 10.1. The Bertz CT molecular complexity index is 1290. The Kier molecular flexibility index (Phi) is 4.91. The molecule has 7 heteroatoms. The van der Waals surface area contributed by atoms with Crippen molar-refractivity contribution in [2.24, 2.45) is 0 Å². The van der Waals surface area contributed by atoms with Crippen LogP contribution in [-0.4, -0.2) is 32.6 Å². The van der Waals surface area contributed by atoms with Crippen LogP contribution in [0.4, 0.5) is 5.69 Å². The lowest BCUT2D eigenvalue weighted by molar-refractivity contribution is -0.116. The van der Waals surface area contributed by atoms with Crippen molar-refractivity contribution in [2.45, 2.75) is 6.61 Å². The number of benzene rings is 2. The van der Waals surface area contributed by atoms with Crippen molar-refractivity contribution < 1.29 is 14.3 Å². The second kappa shape index (κ2) is 8.03. The van der Waals surface area contributed by atoms with E-state index in [1.807, 2.05) is 53.2 Å². The average molecular weight is 424 g/mol. The molecule has 3 heterocycles. The summed E-state index contributed by atoms with van der Waals surface area (Å²) in [7, 11) is 0. The van der Waals surface area contributed by atoms with Gasteiger partial charge in [-0.15, -0.1) is 0 Å². The summed E-state index contributed by atoms with van der Waals surface area (Å²) >= 11 is 0. The highest BCUT2D eigenvalue weighted by Crippen LogP contribution is 2.30. The minimum Gasteiger partial charge on any atom is -0.487 e. The molecule has 32 heavy (non-hydrogen) atoms. The van der Waals surface area contributed by atoms with Crippen LogP contribution in [0.5, 0.6) is 5.75 Å². The number of rotatable bonds is 6. The quantitative estimate of drug-likeness (QED) is 0.508. The topological polar surface area (TPSA) is 75.9 Å². The van der Waals surface area contributed by atoms with Gasteiger partial charge in [0.05, 0.1) is 5.69 Å². The van der Waals surface area contributed by atoms with Crippen molar-refractivity contribution in [3.8, 4) is 5.75 Å². The number of amides is 2. The lowest BCUT2D eigenvalue weighted by Crippen LogP contribution is -2.32. The predicted molar refractivity (Wildman–Crippen MR) is 121 cm³/mol. The van der Waals surface area contributed by atoms with Gasteiger partial charge in [0, 0.05) is 41.0 Å². The molecule has 4 aromatic rings. The Balaban J connectivity index is 1.21. The molecule has 2 aromatic heterocycles. The van der Waals surface area contributed by atoms with Gasteiger partial charge in [0.2, 0.25) is 5.91 Å². The number of imidazole rings is 1. The number of hydrogen-bond acceptors (Lipinski definition) is 4. The van der Waals surface area contributed by atoms with Crippen LogP contribution in [-0.2, 0) is 11.4 Å². The van der Waals surface area contributed by atoms with Gasteiger partial charge in [-0.3, -0.25) is 14.5 Å². The minimum atomic E-state index is -0.315. The van der Waals surface area contributed by atoms with Crippen molar-refractivity contribution in [1.29, 1.82) is 0 Å². The Morgan fingerprint density at radius 3 is 2.66 bits per heavy atom. The number of fused-ring (bicyclic) bond motifs is 2. The van der Waals surface area contributed by atoms with E-state index in [1.54, 1.807) is 30.3 Å². The molecule has 158 valence electrons. The smallest absolute Gasteiger partial charge is 0.259 e. The third-order valence-corrected chi connectivity index (χ3v) is 5.26. The monoisotopic (exact) mass is 424 g/mol. The molecule has 0 saturated heterocycles. The number of hydrogen-bond donors (Lipinski definition) is 1. The fourth-order valence-electron chi connectivity index (χ4n) is 3.72. The van der Waals surface area contributed by atoms with E-state index in [9.17, 15) is 9.59 Å². The first-order valence-corrected chi connectivity index (χ1v) is 10.1. The van der Waals surface area contributed by atoms with Crippen LogP contribution in [0.2, 0.25) is 0 Å². The first-order valence-electron chi connectivity index (χ1n) is 10.1. The van der Waals surface area contributed by atoms with E-state index < -0.39 is 0 Å². The van der Waals surface area contributed by atoms with Gasteiger partial charge >= 0.3 is 0 Å². The highest BCUT2D eigenvalue weighted by molar-refractivity contribution is 6.11. The SMILES string of the molecule is C=C1c2ccccc2C(=O)N1CC(=O)Nc1cccc(OCc2cn3ccccc3n2)c1. The van der Waals surface area contributed by atoms with Crippen LogP contribution in [0, 0.1) is 0 Å². The molecule has 2 amide bonds. The van der Waals surface area contributed by atoms with Crippen molar-refractivity contribution >= 4 is 28.8 Å². The molecule has 7 nitrogen and oxygen atoms in total. The number of ether oxygens (including phenoxy) is 1. The number of anilines is 1. The van der Waals surface area contributed by atoms with Crippen molar-refractivity contribution in [3.05, 3.63) is 103 Å². The first kappa shape index (κ1) is 19.6. The van der Waals surface area contributed by atoms with E-state index in [4.69, 9.17) is 4.74 Å². The van der Waals surface area contributed by atoms with Gasteiger partial charge < -0.3 is 14.5 Å². The molecule has 0 unspecified atom stereocenters. The van der Waals surface area contributed by atoms with Gasteiger partial charge in [-0.25, -0.2) is 4.98 Å². The third-order valence-electron chi connectivity index (χ3n) is 5.26. The molecule has 0 radical (unpaired) electrons. The van der Waals surface area contributed by atoms with Crippen molar-refractivity contribution in [2.75, 3.05) is 11.9 Å². The van der Waals surface area contributed by atoms with Gasteiger partial charge in [0.15, 0.2) is 0 Å². The molecular formula is C25H20N4O3. The fraction of sp³-hybridized carbons (Fsp3) is 0.0800. The van der Waals surface area contributed by atoms with Crippen LogP contribution in [0.15, 0.2) is 85.7 Å². The second-order valence-corrected chi connectivity index (χ2v) is 7.45. The van der Waals surface area contributed by atoms with Gasteiger partial charge in [0.25, 0.3) is 5.91 Å². The lowest BCUT2D eigenvalue weighted by Gasteiger charge is -2.17. The van der Waals surface area contributed by atoms with E-state index in [2.05, 4.69) is 16.9 Å². The maximum Gasteiger partial charge on any atom is 0.259 e. The largest absolute Gasteiger partial charge is 0.487 e. The fourth-order valence-corrected chi connectivity index (χ4v) is 3.72. The summed E-state index contributed by atoms with van der Waals surface area (Å²) in [5, 5.41) is 2.82. The normalized spacial score (nSPS) is 12.8. The zero-order valence-corrected chi connectivity index (χ0v) is 17.2. The average Bonchev–Trinajstić information content (AvgIpc) is 3.33.